The maximum absolute atomic E-state index is 14.6. The van der Waals surface area contributed by atoms with Crippen LogP contribution in [0.1, 0.15) is 11.5 Å². The SMILES string of the molecule is O=C(O)CN(CCN(CC(=O)O)CC(=O)O)CCN(CC(=O)O)CC(=O)NNC(=O)C1=C(C(C2=c3ccccc3=CC2C(=O)NNC(=O)CN(CCN(CCN(CC(=O)O)CC(=O)O)CC(=O)O)CC(=O)O)c2ccccc2)C2C=CC=CC2=C1. The summed E-state index contributed by atoms with van der Waals surface area (Å²) in [5.41, 5.74) is 11.9. The highest BCUT2D eigenvalue weighted by atomic mass is 16.4. The van der Waals surface area contributed by atoms with Crippen molar-refractivity contribution in [3.8, 4) is 0 Å². The number of nitrogens with zero attached hydrogens (tertiary/aromatic N) is 6. The molecule has 2 aromatic carbocycles. The number of hydrogen-bond donors (Lipinski definition) is 12. The Morgan fingerprint density at radius 1 is 0.424 bits per heavy atom. The highest BCUT2D eigenvalue weighted by Gasteiger charge is 2.41. The van der Waals surface area contributed by atoms with E-state index in [0.29, 0.717) is 32.7 Å². The van der Waals surface area contributed by atoms with E-state index in [0.717, 1.165) is 19.6 Å². The van der Waals surface area contributed by atoms with Crippen LogP contribution in [0, 0.1) is 11.8 Å². The Kier molecular flexibility index (Phi) is 25.3. The van der Waals surface area contributed by atoms with Gasteiger partial charge in [-0.05, 0) is 38.8 Å². The normalized spacial score (nSPS) is 15.3. The molecule has 0 aromatic heterocycles. The molecule has 0 spiro atoms. The Balaban J connectivity index is 1.37. The molecule has 0 bridgehead atoms. The molecule has 3 aliphatic rings. The summed E-state index contributed by atoms with van der Waals surface area (Å²) in [7, 11) is 0. The molecule has 0 radical (unpaired) electrons. The van der Waals surface area contributed by atoms with Gasteiger partial charge in [-0.3, -0.25) is 109 Å². The molecule has 30 heteroatoms. The predicted molar refractivity (Wildman–Crippen MR) is 295 cm³/mol. The first-order valence-corrected chi connectivity index (χ1v) is 26.3. The van der Waals surface area contributed by atoms with Crippen LogP contribution >= 0.6 is 0 Å². The first kappa shape index (κ1) is 66.3. The molecule has 30 nitrogen and oxygen atoms in total. The van der Waals surface area contributed by atoms with Gasteiger partial charge in [-0.15, -0.1) is 0 Å². The largest absolute Gasteiger partial charge is 0.480 e. The molecule has 85 heavy (non-hydrogen) atoms. The molecular formula is C55H66N10O20. The average Bonchev–Trinajstić information content (AvgIpc) is 1.71. The summed E-state index contributed by atoms with van der Waals surface area (Å²) < 4.78 is 0. The number of allylic oxidation sites excluding steroid dienone is 6. The standard InChI is InChI=1S/C55H66N10O20/c66-41(24-62(28-45(72)73)18-14-60(26-43(68)69)16-20-64(30-47(76)77)31-48(78)79)56-58-54(84)39-22-35-10-4-6-12-37(35)52(39)51(34-8-2-1-3-9-34)53-38-13-7-5-11-36(38)23-40(53)55(85)59-57-42(67)25-63(29-46(74)75)19-15-61(27-44(70)71)17-21-65(32-49(80)81)33-50(82)83/h1-13,22-23,37,40,51H,14-21,24-33H2,(H,56,66)(H,57,67)(H,58,84)(H,59,85)(H,68,69)(H,70,71)(H,72,73)(H,74,75)(H,76,77)(H,78,79)(H,80,81)(H,82,83). The van der Waals surface area contributed by atoms with Crippen LogP contribution in [0.25, 0.3) is 11.6 Å². The van der Waals surface area contributed by atoms with Crippen LogP contribution in [0.2, 0.25) is 0 Å². The number of fused-ring (bicyclic) bond motifs is 2. The van der Waals surface area contributed by atoms with E-state index in [1.807, 2.05) is 6.08 Å². The van der Waals surface area contributed by atoms with Gasteiger partial charge in [0.1, 0.15) is 0 Å². The zero-order chi connectivity index (χ0) is 62.3. The van der Waals surface area contributed by atoms with Crippen LogP contribution in [-0.4, -0.2) is 259 Å². The lowest BCUT2D eigenvalue weighted by molar-refractivity contribution is -0.144. The van der Waals surface area contributed by atoms with E-state index in [9.17, 15) is 98.4 Å². The molecular weight excluding hydrogens is 1120 g/mol. The first-order valence-electron chi connectivity index (χ1n) is 26.3. The summed E-state index contributed by atoms with van der Waals surface area (Å²) in [6, 6.07) is 15.9. The Labute approximate surface area is 484 Å². The van der Waals surface area contributed by atoms with Gasteiger partial charge in [0, 0.05) is 69.8 Å². The van der Waals surface area contributed by atoms with E-state index in [1.54, 1.807) is 85.0 Å². The molecule has 12 N–H and O–H groups in total. The molecule has 0 saturated heterocycles. The number of nitrogens with one attached hydrogen (secondary N) is 4. The van der Waals surface area contributed by atoms with Gasteiger partial charge in [0.2, 0.25) is 5.91 Å². The Morgan fingerprint density at radius 3 is 1.26 bits per heavy atom. The van der Waals surface area contributed by atoms with E-state index in [2.05, 4.69) is 21.7 Å². The summed E-state index contributed by atoms with van der Waals surface area (Å²) in [6.07, 6.45) is 10.5. The van der Waals surface area contributed by atoms with Crippen LogP contribution < -0.4 is 32.1 Å². The van der Waals surface area contributed by atoms with Crippen molar-refractivity contribution in [2.24, 2.45) is 11.8 Å². The number of carbonyl (C=O) groups excluding carboxylic acids is 4. The van der Waals surface area contributed by atoms with Crippen molar-refractivity contribution in [3.63, 3.8) is 0 Å². The molecule has 3 atom stereocenters. The topological polar surface area (TPSA) is 434 Å². The lowest BCUT2D eigenvalue weighted by Gasteiger charge is -2.30. The maximum atomic E-state index is 14.6. The summed E-state index contributed by atoms with van der Waals surface area (Å²) >= 11 is 0. The average molecular weight is 1190 g/mol. The molecule has 456 valence electrons. The fraction of sp³-hybridized carbons (Fsp3) is 0.382. The second kappa shape index (κ2) is 32.4. The van der Waals surface area contributed by atoms with Crippen molar-refractivity contribution in [1.82, 2.24) is 51.1 Å². The fourth-order valence-corrected chi connectivity index (χ4v) is 9.94. The Hall–Kier alpha value is -9.46. The molecule has 2 aromatic rings. The predicted octanol–water partition coefficient (Wildman–Crippen LogP) is -4.21. The number of hydrogen-bond acceptors (Lipinski definition) is 18. The first-order chi connectivity index (χ1) is 40.4. The van der Waals surface area contributed by atoms with Gasteiger partial charge in [0.05, 0.1) is 71.4 Å². The summed E-state index contributed by atoms with van der Waals surface area (Å²) in [5.74, 6) is -16.5. The van der Waals surface area contributed by atoms with Crippen molar-refractivity contribution in [2.75, 3.05) is 118 Å². The minimum Gasteiger partial charge on any atom is -0.480 e. The van der Waals surface area contributed by atoms with E-state index in [-0.39, 0.29) is 57.9 Å². The van der Waals surface area contributed by atoms with Crippen molar-refractivity contribution in [1.29, 1.82) is 0 Å². The number of hydrazine groups is 2. The van der Waals surface area contributed by atoms with Crippen LogP contribution in [0.4, 0.5) is 0 Å². The third-order valence-electron chi connectivity index (χ3n) is 13.4. The van der Waals surface area contributed by atoms with Crippen LogP contribution in [0.3, 0.4) is 0 Å². The van der Waals surface area contributed by atoms with Crippen molar-refractivity contribution < 1.29 is 98.4 Å². The van der Waals surface area contributed by atoms with Gasteiger partial charge in [0.25, 0.3) is 17.7 Å². The molecule has 0 saturated carbocycles. The Morgan fingerprint density at radius 2 is 0.812 bits per heavy atom. The summed E-state index contributed by atoms with van der Waals surface area (Å²) in [6.45, 7) is -7.83. The van der Waals surface area contributed by atoms with Crippen molar-refractivity contribution >= 4 is 83.0 Å². The van der Waals surface area contributed by atoms with Crippen molar-refractivity contribution in [3.05, 3.63) is 118 Å². The Bertz CT molecular complexity index is 3100. The van der Waals surface area contributed by atoms with E-state index in [4.69, 9.17) is 0 Å². The van der Waals surface area contributed by atoms with Gasteiger partial charge in [-0.25, -0.2) is 0 Å². The minimum atomic E-state index is -1.35. The summed E-state index contributed by atoms with van der Waals surface area (Å²) in [5, 5.41) is 76.7. The molecule has 0 aliphatic heterocycles. The number of amides is 4. The smallest absolute Gasteiger partial charge is 0.317 e. The highest BCUT2D eigenvalue weighted by Crippen LogP contribution is 2.49. The monoisotopic (exact) mass is 1190 g/mol. The zero-order valence-electron chi connectivity index (χ0n) is 45.8. The van der Waals surface area contributed by atoms with E-state index in [1.165, 1.54) is 9.80 Å². The highest BCUT2D eigenvalue weighted by molar-refractivity contribution is 6.03. The van der Waals surface area contributed by atoms with Gasteiger partial charge < -0.3 is 40.9 Å². The van der Waals surface area contributed by atoms with Crippen LogP contribution in [0.5, 0.6) is 0 Å². The van der Waals surface area contributed by atoms with Gasteiger partial charge >= 0.3 is 47.8 Å². The van der Waals surface area contributed by atoms with Gasteiger partial charge in [0.15, 0.2) is 0 Å². The minimum absolute atomic E-state index is 0.0829. The lowest BCUT2D eigenvalue weighted by Crippen LogP contribution is -2.50. The molecule has 5 rings (SSSR count). The quantitative estimate of drug-likeness (QED) is 0.0285. The second-order valence-electron chi connectivity index (χ2n) is 19.9. The third kappa shape index (κ3) is 21.7. The summed E-state index contributed by atoms with van der Waals surface area (Å²) in [4.78, 5) is 156. The second-order valence-corrected chi connectivity index (χ2v) is 19.9. The zero-order valence-corrected chi connectivity index (χ0v) is 45.8. The number of carboxylic acids is 8. The number of carbonyl (C=O) groups is 12. The molecule has 0 fully saturated rings. The molecule has 3 unspecified atom stereocenters. The van der Waals surface area contributed by atoms with Gasteiger partial charge in [-0.1, -0.05) is 85.0 Å². The fourth-order valence-electron chi connectivity index (χ4n) is 9.94. The van der Waals surface area contributed by atoms with E-state index < -0.39 is 155 Å². The van der Waals surface area contributed by atoms with E-state index >= 15 is 0 Å². The number of carboxylic acid groups (broad SMARTS) is 8. The number of benzene rings is 2. The van der Waals surface area contributed by atoms with Crippen LogP contribution in [0.15, 0.2) is 102 Å². The third-order valence-corrected chi connectivity index (χ3v) is 13.4. The van der Waals surface area contributed by atoms with Crippen LogP contribution in [-0.2, 0) is 57.5 Å². The molecule has 4 amide bonds. The molecule has 3 aliphatic carbocycles. The number of aliphatic carboxylic acids is 8. The molecule has 0 heterocycles. The maximum Gasteiger partial charge on any atom is 0.317 e. The van der Waals surface area contributed by atoms with Gasteiger partial charge in [-0.2, -0.15) is 0 Å². The van der Waals surface area contributed by atoms with Crippen molar-refractivity contribution in [2.45, 2.75) is 5.92 Å². The number of rotatable bonds is 37. The lowest BCUT2D eigenvalue weighted by atomic mass is 9.73.